The molecule has 2 aromatic heterocycles. The van der Waals surface area contributed by atoms with Gasteiger partial charge in [-0.3, -0.25) is 33.8 Å². The van der Waals surface area contributed by atoms with Crippen molar-refractivity contribution in [2.24, 2.45) is 11.8 Å². The summed E-state index contributed by atoms with van der Waals surface area (Å²) >= 11 is 13.3. The van der Waals surface area contributed by atoms with Gasteiger partial charge in [0.15, 0.2) is 12.0 Å². The molecule has 2 aromatic carbocycles. The van der Waals surface area contributed by atoms with Crippen molar-refractivity contribution in [1.29, 1.82) is 0 Å². The standard InChI is InChI=1S/C27H29NO4S2.C17H18O2.C10H13NO3S2/c29-25-24(34-27(33)28(25)21-8-4-7-20(15-21)26(30)31)16-22-13-14-23(32-22)19-11-9-18(10-12-19)17-5-2-1-3-6-17;18-12-16-10-11-17(19-16)15-8-6-14(7-9-15)13-4-2-1-3-5-13;12-8-5-16-10(15)11(8)7-3-1-2-6(4-7)9(13)14/h9-14,16-17,20-21H,1-8,15H2,(H,30,31);6-13H,1-5H2;6-7H,1-5H2,(H,13,14). The summed E-state index contributed by atoms with van der Waals surface area (Å²) in [5.41, 5.74) is 4.90. The van der Waals surface area contributed by atoms with E-state index in [0.717, 1.165) is 60.5 Å². The average molecular weight is 1010 g/mol. The molecule has 364 valence electrons. The van der Waals surface area contributed by atoms with Gasteiger partial charge in [0.05, 0.1) is 22.5 Å². The molecule has 0 radical (unpaired) electrons. The summed E-state index contributed by atoms with van der Waals surface area (Å²) in [7, 11) is 0. The third kappa shape index (κ3) is 12.7. The Morgan fingerprint density at radius 2 is 1.06 bits per heavy atom. The van der Waals surface area contributed by atoms with E-state index in [2.05, 4.69) is 48.5 Å². The van der Waals surface area contributed by atoms with Crippen molar-refractivity contribution in [3.05, 3.63) is 100 Å². The van der Waals surface area contributed by atoms with Crippen molar-refractivity contribution in [3.8, 4) is 22.6 Å². The maximum Gasteiger partial charge on any atom is 0.306 e. The van der Waals surface area contributed by atoms with E-state index in [1.165, 1.54) is 98.9 Å². The largest absolute Gasteiger partial charge is 0.481 e. The van der Waals surface area contributed by atoms with Crippen LogP contribution in [0.15, 0.2) is 86.5 Å². The SMILES string of the molecule is O=C(O)C1CCCC(N2C(=O)C(=Cc3ccc(-c4ccc(C5CCCCC5)cc4)o3)SC2=S)C1.O=C(O)C1CCCC(N2C(=O)CSC2=S)C1.O=Cc1ccc(-c2ccc(C3CCCCC3)cc2)o1. The molecule has 2 saturated heterocycles. The molecule has 4 atom stereocenters. The van der Waals surface area contributed by atoms with Crippen LogP contribution in [0, 0.1) is 11.8 Å². The van der Waals surface area contributed by atoms with Gasteiger partial charge >= 0.3 is 11.9 Å². The quantitative estimate of drug-likeness (QED) is 0.0879. The molecule has 4 saturated carbocycles. The number of hydrogen-bond donors (Lipinski definition) is 2. The monoisotopic (exact) mass is 1010 g/mol. The summed E-state index contributed by atoms with van der Waals surface area (Å²) in [5.74, 6) is 1.94. The predicted molar refractivity (Wildman–Crippen MR) is 279 cm³/mol. The molecule has 4 aromatic rings. The molecule has 0 bridgehead atoms. The lowest BCUT2D eigenvalue weighted by Crippen LogP contribution is -2.42. The highest BCUT2D eigenvalue weighted by Gasteiger charge is 2.41. The number of carbonyl (C=O) groups is 5. The zero-order valence-electron chi connectivity index (χ0n) is 38.8. The number of aldehydes is 1. The second kappa shape index (κ2) is 23.9. The predicted octanol–water partition coefficient (Wildman–Crippen LogP) is 13.1. The van der Waals surface area contributed by atoms with Crippen LogP contribution in [-0.2, 0) is 19.2 Å². The fraction of sp³-hybridized carbons (Fsp3) is 0.463. The number of carbonyl (C=O) groups excluding carboxylic acids is 3. The first-order valence-electron chi connectivity index (χ1n) is 24.5. The van der Waals surface area contributed by atoms with Crippen molar-refractivity contribution >= 4 is 92.7 Å². The first kappa shape index (κ1) is 50.6. The smallest absolute Gasteiger partial charge is 0.306 e. The average Bonchev–Trinajstić information content (AvgIpc) is 4.19. The molecule has 6 aliphatic rings. The second-order valence-corrected chi connectivity index (χ2v) is 22.3. The van der Waals surface area contributed by atoms with E-state index in [0.29, 0.717) is 62.4 Å². The van der Waals surface area contributed by atoms with E-state index in [4.69, 9.17) is 38.4 Å². The zero-order valence-corrected chi connectivity index (χ0v) is 42.0. The fourth-order valence-corrected chi connectivity index (χ4v) is 13.3. The molecule has 15 heteroatoms. The number of furan rings is 2. The molecule has 2 N–H and O–H groups in total. The number of hydrogen-bond acceptors (Lipinski definition) is 11. The maximum absolute atomic E-state index is 13.1. The van der Waals surface area contributed by atoms with E-state index in [1.54, 1.807) is 21.9 Å². The van der Waals surface area contributed by atoms with E-state index >= 15 is 0 Å². The number of rotatable bonds is 10. The van der Waals surface area contributed by atoms with Crippen molar-refractivity contribution < 1.29 is 43.0 Å². The Morgan fingerprint density at radius 1 is 0.580 bits per heavy atom. The highest BCUT2D eigenvalue weighted by molar-refractivity contribution is 8.26. The van der Waals surface area contributed by atoms with Gasteiger partial charge in [0.1, 0.15) is 25.9 Å². The lowest BCUT2D eigenvalue weighted by molar-refractivity contribution is -0.144. The van der Waals surface area contributed by atoms with Crippen LogP contribution in [-0.4, -0.2) is 76.5 Å². The third-order valence-corrected chi connectivity index (χ3v) is 17.2. The number of carboxylic acids is 2. The molecule has 4 aliphatic carbocycles. The molecular weight excluding hydrogens is 949 g/mol. The summed E-state index contributed by atoms with van der Waals surface area (Å²) in [4.78, 5) is 61.5. The summed E-state index contributed by atoms with van der Waals surface area (Å²) in [6.07, 6.45) is 21.4. The van der Waals surface area contributed by atoms with Crippen LogP contribution < -0.4 is 0 Å². The Morgan fingerprint density at radius 3 is 1.51 bits per heavy atom. The Kier molecular flexibility index (Phi) is 17.5. The summed E-state index contributed by atoms with van der Waals surface area (Å²) < 4.78 is 12.6. The molecule has 4 unspecified atom stereocenters. The van der Waals surface area contributed by atoms with Gasteiger partial charge < -0.3 is 19.0 Å². The Hall–Kier alpha value is -4.83. The summed E-state index contributed by atoms with van der Waals surface area (Å²) in [5, 5.41) is 18.4. The van der Waals surface area contributed by atoms with Crippen LogP contribution in [0.1, 0.15) is 155 Å². The van der Waals surface area contributed by atoms with Crippen molar-refractivity contribution in [2.45, 2.75) is 139 Å². The van der Waals surface area contributed by atoms with Gasteiger partial charge in [-0.1, -0.05) is 148 Å². The van der Waals surface area contributed by atoms with Crippen LogP contribution in [0.25, 0.3) is 28.7 Å². The Bertz CT molecular complexity index is 2500. The van der Waals surface area contributed by atoms with E-state index < -0.39 is 17.9 Å². The molecule has 2 aliphatic heterocycles. The minimum Gasteiger partial charge on any atom is -0.481 e. The van der Waals surface area contributed by atoms with Gasteiger partial charge in [-0.25, -0.2) is 0 Å². The minimum absolute atomic E-state index is 0.00449. The van der Waals surface area contributed by atoms with E-state index in [9.17, 15) is 29.1 Å². The molecule has 0 spiro atoms. The van der Waals surface area contributed by atoms with Gasteiger partial charge in [0.2, 0.25) is 5.91 Å². The van der Waals surface area contributed by atoms with Crippen LogP contribution in [0.5, 0.6) is 0 Å². The highest BCUT2D eigenvalue weighted by Crippen LogP contribution is 2.40. The van der Waals surface area contributed by atoms with Crippen LogP contribution >= 0.6 is 48.0 Å². The summed E-state index contributed by atoms with van der Waals surface area (Å²) in [6.45, 7) is 0. The van der Waals surface area contributed by atoms with Crippen LogP contribution in [0.3, 0.4) is 0 Å². The number of amides is 2. The van der Waals surface area contributed by atoms with Crippen molar-refractivity contribution in [3.63, 3.8) is 0 Å². The number of benzene rings is 2. The molecule has 4 heterocycles. The van der Waals surface area contributed by atoms with Crippen molar-refractivity contribution in [1.82, 2.24) is 9.80 Å². The van der Waals surface area contributed by atoms with Gasteiger partial charge in [0, 0.05) is 29.3 Å². The van der Waals surface area contributed by atoms with E-state index in [-0.39, 0.29) is 29.8 Å². The Balaban J connectivity index is 0.000000154. The number of thiocarbonyl (C=S) groups is 2. The topological polar surface area (TPSA) is 159 Å². The lowest BCUT2D eigenvalue weighted by Gasteiger charge is -2.33. The number of carboxylic acid groups (broad SMARTS) is 2. The lowest BCUT2D eigenvalue weighted by atomic mass is 9.84. The molecule has 69 heavy (non-hydrogen) atoms. The molecule has 2 amide bonds. The molecule has 6 fully saturated rings. The molecule has 10 rings (SSSR count). The Labute approximate surface area is 423 Å². The second-order valence-electron chi connectivity index (χ2n) is 19.0. The maximum atomic E-state index is 13.1. The van der Waals surface area contributed by atoms with Gasteiger partial charge in [-0.05, 0) is 111 Å². The van der Waals surface area contributed by atoms with E-state index in [1.807, 2.05) is 18.2 Å². The van der Waals surface area contributed by atoms with Crippen LogP contribution in [0.4, 0.5) is 0 Å². The minimum atomic E-state index is -0.791. The first-order valence-corrected chi connectivity index (χ1v) is 27.1. The highest BCUT2D eigenvalue weighted by atomic mass is 32.2. The van der Waals surface area contributed by atoms with Gasteiger partial charge in [-0.15, -0.1) is 0 Å². The van der Waals surface area contributed by atoms with Crippen LogP contribution in [0.2, 0.25) is 0 Å². The fourth-order valence-electron chi connectivity index (χ4n) is 10.8. The normalized spacial score (nSPS) is 24.1. The van der Waals surface area contributed by atoms with Gasteiger partial charge in [0.25, 0.3) is 5.91 Å². The number of aliphatic carboxylic acids is 2. The number of nitrogens with zero attached hydrogens (tertiary/aromatic N) is 2. The third-order valence-electron chi connectivity index (χ3n) is 14.5. The van der Waals surface area contributed by atoms with Gasteiger partial charge in [-0.2, -0.15) is 0 Å². The van der Waals surface area contributed by atoms with Crippen molar-refractivity contribution in [2.75, 3.05) is 5.75 Å². The number of thioether (sulfide) groups is 2. The zero-order chi connectivity index (χ0) is 48.4. The summed E-state index contributed by atoms with van der Waals surface area (Å²) in [6, 6.07) is 24.5. The molecule has 11 nitrogen and oxygen atoms in total. The first-order chi connectivity index (χ1) is 33.4. The molecular formula is C54H60N2O9S4.